The normalized spacial score (nSPS) is 13.2. The van der Waals surface area contributed by atoms with Gasteiger partial charge in [-0.25, -0.2) is 0 Å². The van der Waals surface area contributed by atoms with E-state index in [4.69, 9.17) is 4.74 Å². The molecule has 1 aliphatic heterocycles. The van der Waals surface area contributed by atoms with Gasteiger partial charge in [0.15, 0.2) is 0 Å². The molecule has 0 bridgehead atoms. The molecule has 1 heterocycles. The third-order valence-corrected chi connectivity index (χ3v) is 3.47. The predicted molar refractivity (Wildman–Crippen MR) is 78.4 cm³/mol. The second-order valence-electron chi connectivity index (χ2n) is 4.44. The first-order valence-corrected chi connectivity index (χ1v) is 6.94. The topological polar surface area (TPSA) is 68.1 Å². The fraction of sp³-hybridized carbons (Fsp3) is 0.0667. The number of carbonyl (C=O) groups excluding carboxylic acids is 2. The van der Waals surface area contributed by atoms with Crippen LogP contribution in [0.3, 0.4) is 0 Å². The molecule has 21 heavy (non-hydrogen) atoms. The maximum Gasteiger partial charge on any atom is 0.296 e. The molecule has 0 radical (unpaired) electrons. The van der Waals surface area contributed by atoms with E-state index in [1.165, 1.54) is 12.1 Å². The van der Waals surface area contributed by atoms with Gasteiger partial charge in [0.25, 0.3) is 11.8 Å². The standard InChI is InChI=1S/C15H9BrN2O3/c16-10-3-1-2-9(6-10)8-21-11-4-5-12-13(7-11)15(20)18-17-14(12)19/h1-7H,8H2. The summed E-state index contributed by atoms with van der Waals surface area (Å²) in [6.07, 6.45) is 0. The Hall–Kier alpha value is -2.34. The molecule has 3 rings (SSSR count). The minimum atomic E-state index is -0.530. The Balaban J connectivity index is 1.80. The second kappa shape index (κ2) is 5.57. The molecule has 0 atom stereocenters. The van der Waals surface area contributed by atoms with E-state index < -0.39 is 11.8 Å². The summed E-state index contributed by atoms with van der Waals surface area (Å²) in [5, 5.41) is 6.57. The number of rotatable bonds is 3. The zero-order valence-electron chi connectivity index (χ0n) is 10.7. The number of amides is 2. The lowest BCUT2D eigenvalue weighted by molar-refractivity contribution is 0.0920. The molecule has 0 saturated carbocycles. The third kappa shape index (κ3) is 2.90. The van der Waals surface area contributed by atoms with Crippen molar-refractivity contribution in [1.82, 2.24) is 0 Å². The number of nitrogens with zero attached hydrogens (tertiary/aromatic N) is 2. The summed E-state index contributed by atoms with van der Waals surface area (Å²) in [5.74, 6) is -0.535. The summed E-state index contributed by atoms with van der Waals surface area (Å²) in [4.78, 5) is 23.1. The van der Waals surface area contributed by atoms with E-state index in [0.29, 0.717) is 12.4 Å². The molecule has 2 aromatic carbocycles. The Labute approximate surface area is 128 Å². The number of benzene rings is 2. The number of ether oxygens (including phenoxy) is 1. The van der Waals surface area contributed by atoms with Gasteiger partial charge in [0.1, 0.15) is 12.4 Å². The highest BCUT2D eigenvalue weighted by Gasteiger charge is 2.22. The van der Waals surface area contributed by atoms with Gasteiger partial charge >= 0.3 is 0 Å². The summed E-state index contributed by atoms with van der Waals surface area (Å²) in [6.45, 7) is 0.363. The number of fused-ring (bicyclic) bond motifs is 1. The second-order valence-corrected chi connectivity index (χ2v) is 5.35. The molecule has 0 aromatic heterocycles. The van der Waals surface area contributed by atoms with Crippen molar-refractivity contribution >= 4 is 27.7 Å². The molecular weight excluding hydrogens is 336 g/mol. The Kier molecular flexibility index (Phi) is 3.62. The average Bonchev–Trinajstić information content (AvgIpc) is 2.49. The number of hydrogen-bond acceptors (Lipinski definition) is 3. The zero-order chi connectivity index (χ0) is 14.8. The highest BCUT2D eigenvalue weighted by atomic mass is 79.9. The highest BCUT2D eigenvalue weighted by Crippen LogP contribution is 2.23. The molecule has 0 aliphatic carbocycles. The van der Waals surface area contributed by atoms with Crippen LogP contribution in [0.5, 0.6) is 5.75 Å². The number of carbonyl (C=O) groups is 2. The first kappa shape index (κ1) is 13.6. The largest absolute Gasteiger partial charge is 0.489 e. The lowest BCUT2D eigenvalue weighted by Crippen LogP contribution is -2.11. The van der Waals surface area contributed by atoms with Crippen molar-refractivity contribution in [2.75, 3.05) is 0 Å². The zero-order valence-corrected chi connectivity index (χ0v) is 12.3. The Bertz CT molecular complexity index is 771. The number of hydrogen-bond donors (Lipinski definition) is 0. The first-order chi connectivity index (χ1) is 10.1. The molecule has 2 aromatic rings. The van der Waals surface area contributed by atoms with Gasteiger partial charge in [-0.15, -0.1) is 10.2 Å². The third-order valence-electron chi connectivity index (χ3n) is 2.98. The van der Waals surface area contributed by atoms with E-state index in [2.05, 4.69) is 26.2 Å². The van der Waals surface area contributed by atoms with E-state index in [1.54, 1.807) is 6.07 Å². The predicted octanol–water partition coefficient (Wildman–Crippen LogP) is 3.77. The Morgan fingerprint density at radius 1 is 0.952 bits per heavy atom. The van der Waals surface area contributed by atoms with Crippen LogP contribution < -0.4 is 4.74 Å². The monoisotopic (exact) mass is 344 g/mol. The van der Waals surface area contributed by atoms with Crippen LogP contribution in [0, 0.1) is 0 Å². The van der Waals surface area contributed by atoms with Crippen molar-refractivity contribution in [3.8, 4) is 5.75 Å². The van der Waals surface area contributed by atoms with Gasteiger partial charge in [0.2, 0.25) is 0 Å². The molecule has 104 valence electrons. The summed E-state index contributed by atoms with van der Waals surface area (Å²) in [6, 6.07) is 12.4. The maximum atomic E-state index is 11.6. The molecule has 0 N–H and O–H groups in total. The van der Waals surface area contributed by atoms with Gasteiger partial charge in [0, 0.05) is 4.47 Å². The van der Waals surface area contributed by atoms with Crippen LogP contribution in [0.15, 0.2) is 57.2 Å². The van der Waals surface area contributed by atoms with Gasteiger partial charge in [-0.05, 0) is 35.9 Å². The molecule has 6 heteroatoms. The lowest BCUT2D eigenvalue weighted by atomic mass is 10.1. The van der Waals surface area contributed by atoms with Gasteiger partial charge < -0.3 is 4.74 Å². The van der Waals surface area contributed by atoms with Gasteiger partial charge in [-0.1, -0.05) is 28.1 Å². The van der Waals surface area contributed by atoms with Crippen LogP contribution in [0.4, 0.5) is 0 Å². The molecule has 1 aliphatic rings. The molecule has 5 nitrogen and oxygen atoms in total. The van der Waals surface area contributed by atoms with Gasteiger partial charge in [-0.2, -0.15) is 0 Å². The highest BCUT2D eigenvalue weighted by molar-refractivity contribution is 9.10. The maximum absolute atomic E-state index is 11.6. The van der Waals surface area contributed by atoms with Crippen LogP contribution in [0.2, 0.25) is 0 Å². The number of halogens is 1. The lowest BCUT2D eigenvalue weighted by Gasteiger charge is -2.11. The fourth-order valence-corrected chi connectivity index (χ4v) is 2.42. The molecule has 0 unspecified atom stereocenters. The molecule has 2 amide bonds. The van der Waals surface area contributed by atoms with E-state index in [0.717, 1.165) is 10.0 Å². The Morgan fingerprint density at radius 3 is 2.48 bits per heavy atom. The molecular formula is C15H9BrN2O3. The van der Waals surface area contributed by atoms with Crippen molar-refractivity contribution in [3.63, 3.8) is 0 Å². The summed E-state index contributed by atoms with van der Waals surface area (Å²) in [5.41, 5.74) is 1.47. The summed E-state index contributed by atoms with van der Waals surface area (Å²) < 4.78 is 6.61. The van der Waals surface area contributed by atoms with E-state index in [-0.39, 0.29) is 11.1 Å². The van der Waals surface area contributed by atoms with Crippen LogP contribution in [-0.4, -0.2) is 11.8 Å². The average molecular weight is 345 g/mol. The minimum Gasteiger partial charge on any atom is -0.489 e. The minimum absolute atomic E-state index is 0.224. The van der Waals surface area contributed by atoms with Crippen molar-refractivity contribution in [2.24, 2.45) is 10.2 Å². The smallest absolute Gasteiger partial charge is 0.296 e. The fourth-order valence-electron chi connectivity index (χ4n) is 1.97. The van der Waals surface area contributed by atoms with Crippen LogP contribution in [0.1, 0.15) is 26.3 Å². The van der Waals surface area contributed by atoms with E-state index in [1.807, 2.05) is 24.3 Å². The van der Waals surface area contributed by atoms with E-state index >= 15 is 0 Å². The van der Waals surface area contributed by atoms with Crippen molar-refractivity contribution in [3.05, 3.63) is 63.6 Å². The SMILES string of the molecule is O=C1N=NC(=O)c2cc(OCc3cccc(Br)c3)ccc21. The summed E-state index contributed by atoms with van der Waals surface area (Å²) >= 11 is 3.39. The van der Waals surface area contributed by atoms with Gasteiger partial charge in [-0.3, -0.25) is 9.59 Å². The quantitative estimate of drug-likeness (QED) is 0.850. The van der Waals surface area contributed by atoms with Gasteiger partial charge in [0.05, 0.1) is 11.1 Å². The van der Waals surface area contributed by atoms with Crippen molar-refractivity contribution < 1.29 is 14.3 Å². The Morgan fingerprint density at radius 2 is 1.71 bits per heavy atom. The van der Waals surface area contributed by atoms with Crippen molar-refractivity contribution in [1.29, 1.82) is 0 Å². The first-order valence-electron chi connectivity index (χ1n) is 6.15. The van der Waals surface area contributed by atoms with Crippen LogP contribution in [0.25, 0.3) is 0 Å². The van der Waals surface area contributed by atoms with Crippen molar-refractivity contribution in [2.45, 2.75) is 6.61 Å². The molecule has 0 fully saturated rings. The van der Waals surface area contributed by atoms with E-state index in [9.17, 15) is 9.59 Å². The summed E-state index contributed by atoms with van der Waals surface area (Å²) in [7, 11) is 0. The van der Waals surface area contributed by atoms with Crippen LogP contribution >= 0.6 is 15.9 Å². The molecule has 0 spiro atoms. The molecule has 0 saturated heterocycles. The number of azo groups is 1. The van der Waals surface area contributed by atoms with Crippen LogP contribution in [-0.2, 0) is 6.61 Å².